The molecule has 0 fully saturated rings. The summed E-state index contributed by atoms with van der Waals surface area (Å²) in [7, 11) is 1.56. The molecule has 1 unspecified atom stereocenters. The first-order valence-corrected chi connectivity index (χ1v) is 5.91. The molecule has 0 heterocycles. The second kappa shape index (κ2) is 7.38. The molecule has 1 rings (SSSR count). The molecular weight excluding hydrogens is 248 g/mol. The monoisotopic (exact) mass is 266 g/mol. The van der Waals surface area contributed by atoms with E-state index in [-0.39, 0.29) is 13.2 Å². The van der Waals surface area contributed by atoms with Crippen molar-refractivity contribution in [3.05, 3.63) is 29.8 Å². The van der Waals surface area contributed by atoms with Gasteiger partial charge in [0.05, 0.1) is 13.7 Å². The van der Waals surface area contributed by atoms with Crippen LogP contribution in [-0.2, 0) is 20.9 Å². The van der Waals surface area contributed by atoms with Crippen molar-refractivity contribution in [2.24, 2.45) is 5.73 Å². The van der Waals surface area contributed by atoms with Gasteiger partial charge in [-0.05, 0) is 24.6 Å². The quantitative estimate of drug-likeness (QED) is 0.567. The van der Waals surface area contributed by atoms with Crippen LogP contribution in [0.25, 0.3) is 0 Å². The minimum absolute atomic E-state index is 0.190. The van der Waals surface area contributed by atoms with Gasteiger partial charge < -0.3 is 20.5 Å². The van der Waals surface area contributed by atoms with E-state index in [1.165, 1.54) is 0 Å². The normalized spacial score (nSPS) is 11.5. The van der Waals surface area contributed by atoms with E-state index in [1.54, 1.807) is 26.2 Å². The van der Waals surface area contributed by atoms with Crippen molar-refractivity contribution in [2.75, 3.05) is 13.7 Å². The maximum absolute atomic E-state index is 11.6. The van der Waals surface area contributed by atoms with Crippen LogP contribution in [0.2, 0.25) is 0 Å². The molecule has 0 bridgehead atoms. The molecule has 1 aromatic carbocycles. The lowest BCUT2D eigenvalue weighted by atomic mass is 10.2. The van der Waals surface area contributed by atoms with Crippen LogP contribution in [0.4, 0.5) is 0 Å². The van der Waals surface area contributed by atoms with Crippen LogP contribution in [0, 0.1) is 0 Å². The summed E-state index contributed by atoms with van der Waals surface area (Å²) in [5.74, 6) is -0.603. The fourth-order valence-corrected chi connectivity index (χ4v) is 1.42. The van der Waals surface area contributed by atoms with E-state index in [1.807, 2.05) is 12.1 Å². The second-order valence-electron chi connectivity index (χ2n) is 3.80. The summed E-state index contributed by atoms with van der Waals surface area (Å²) in [4.78, 5) is 22.9. The molecule has 3 N–H and O–H groups in total. The molecule has 6 heteroatoms. The zero-order valence-electron chi connectivity index (χ0n) is 11.0. The minimum Gasteiger partial charge on any atom is -0.497 e. The third kappa shape index (κ3) is 4.59. The van der Waals surface area contributed by atoms with Crippen LogP contribution in [0.1, 0.15) is 12.5 Å². The summed E-state index contributed by atoms with van der Waals surface area (Å²) in [5, 5.41) is 2.57. The van der Waals surface area contributed by atoms with E-state index >= 15 is 0 Å². The van der Waals surface area contributed by atoms with Gasteiger partial charge in [0.1, 0.15) is 5.75 Å². The Hall–Kier alpha value is -2.08. The zero-order chi connectivity index (χ0) is 14.3. The Morgan fingerprint density at radius 2 is 2.16 bits per heavy atom. The molecule has 0 saturated carbocycles. The Balaban J connectivity index is 2.51. The lowest BCUT2D eigenvalue weighted by molar-refractivity contribution is -0.148. The molecule has 0 aliphatic rings. The van der Waals surface area contributed by atoms with E-state index in [9.17, 15) is 9.59 Å². The van der Waals surface area contributed by atoms with Gasteiger partial charge in [-0.2, -0.15) is 0 Å². The van der Waals surface area contributed by atoms with Crippen LogP contribution in [-0.4, -0.2) is 31.6 Å². The highest BCUT2D eigenvalue weighted by atomic mass is 16.5. The first-order chi connectivity index (χ1) is 9.08. The van der Waals surface area contributed by atoms with E-state index in [4.69, 9.17) is 10.5 Å². The number of hydrogen-bond donors (Lipinski definition) is 2. The third-order valence-electron chi connectivity index (χ3n) is 2.42. The van der Waals surface area contributed by atoms with Crippen molar-refractivity contribution in [1.29, 1.82) is 0 Å². The number of esters is 1. The van der Waals surface area contributed by atoms with Gasteiger partial charge in [-0.3, -0.25) is 4.79 Å². The van der Waals surface area contributed by atoms with Crippen molar-refractivity contribution in [3.63, 3.8) is 0 Å². The number of methoxy groups -OCH3 is 1. The Kier molecular flexibility index (Phi) is 5.81. The first kappa shape index (κ1) is 15.0. The van der Waals surface area contributed by atoms with Crippen LogP contribution in [0.3, 0.4) is 0 Å². The number of carbonyl (C=O) groups excluding carboxylic acids is 2. The summed E-state index contributed by atoms with van der Waals surface area (Å²) in [5.41, 5.74) is 6.31. The third-order valence-corrected chi connectivity index (χ3v) is 2.42. The fourth-order valence-electron chi connectivity index (χ4n) is 1.42. The van der Waals surface area contributed by atoms with Gasteiger partial charge in [0.25, 0.3) is 0 Å². The van der Waals surface area contributed by atoms with E-state index in [0.29, 0.717) is 5.75 Å². The van der Waals surface area contributed by atoms with E-state index in [0.717, 1.165) is 5.56 Å². The number of benzene rings is 1. The average Bonchev–Trinajstić information content (AvgIpc) is 2.44. The predicted molar refractivity (Wildman–Crippen MR) is 69.4 cm³/mol. The highest BCUT2D eigenvalue weighted by Crippen LogP contribution is 2.12. The summed E-state index contributed by atoms with van der Waals surface area (Å²) in [6, 6.07) is 5.93. The second-order valence-corrected chi connectivity index (χ2v) is 3.80. The van der Waals surface area contributed by atoms with Gasteiger partial charge in [0.2, 0.25) is 5.91 Å². The van der Waals surface area contributed by atoms with Crippen molar-refractivity contribution in [2.45, 2.75) is 19.5 Å². The zero-order valence-corrected chi connectivity index (χ0v) is 11.0. The Morgan fingerprint density at radius 1 is 1.42 bits per heavy atom. The molecular formula is C13H18N2O4. The molecule has 0 spiro atoms. The van der Waals surface area contributed by atoms with Gasteiger partial charge in [-0.1, -0.05) is 12.1 Å². The van der Waals surface area contributed by atoms with Crippen LogP contribution in [0.5, 0.6) is 5.75 Å². The lowest BCUT2D eigenvalue weighted by Gasteiger charge is -2.11. The summed E-state index contributed by atoms with van der Waals surface area (Å²) >= 11 is 0. The number of ether oxygens (including phenoxy) is 2. The van der Waals surface area contributed by atoms with Crippen LogP contribution >= 0.6 is 0 Å². The highest BCUT2D eigenvalue weighted by Gasteiger charge is 2.22. The van der Waals surface area contributed by atoms with Crippen molar-refractivity contribution in [1.82, 2.24) is 5.32 Å². The molecule has 1 aromatic rings. The molecule has 6 nitrogen and oxygen atoms in total. The maximum Gasteiger partial charge on any atom is 0.332 e. The molecule has 0 aliphatic carbocycles. The van der Waals surface area contributed by atoms with Crippen molar-refractivity contribution in [3.8, 4) is 5.75 Å². The smallest absolute Gasteiger partial charge is 0.332 e. The van der Waals surface area contributed by atoms with E-state index < -0.39 is 17.9 Å². The molecule has 19 heavy (non-hydrogen) atoms. The van der Waals surface area contributed by atoms with Gasteiger partial charge in [0.15, 0.2) is 6.04 Å². The van der Waals surface area contributed by atoms with Crippen molar-refractivity contribution < 1.29 is 19.1 Å². The number of hydrogen-bond acceptors (Lipinski definition) is 5. The Labute approximate surface area is 111 Å². The van der Waals surface area contributed by atoms with Gasteiger partial charge in [0, 0.05) is 6.54 Å². The molecule has 0 radical (unpaired) electrons. The fraction of sp³-hybridized carbons (Fsp3) is 0.385. The number of rotatable bonds is 6. The topological polar surface area (TPSA) is 90.7 Å². The SMILES string of the molecule is CCOC(=O)C(N)C(=O)NCc1cccc(OC)c1. The number of nitrogens with one attached hydrogen (secondary N) is 1. The highest BCUT2D eigenvalue weighted by molar-refractivity contribution is 6.01. The Bertz CT molecular complexity index is 448. The average molecular weight is 266 g/mol. The van der Waals surface area contributed by atoms with Gasteiger partial charge in [-0.15, -0.1) is 0 Å². The van der Waals surface area contributed by atoms with Gasteiger partial charge >= 0.3 is 5.97 Å². The molecule has 1 atom stereocenters. The standard InChI is InChI=1S/C13H18N2O4/c1-3-19-13(17)11(14)12(16)15-8-9-5-4-6-10(7-9)18-2/h4-7,11H,3,8,14H2,1-2H3,(H,15,16). The largest absolute Gasteiger partial charge is 0.497 e. The minimum atomic E-state index is -1.30. The molecule has 104 valence electrons. The Morgan fingerprint density at radius 3 is 2.79 bits per heavy atom. The van der Waals surface area contributed by atoms with Crippen molar-refractivity contribution >= 4 is 11.9 Å². The van der Waals surface area contributed by atoms with E-state index in [2.05, 4.69) is 10.1 Å². The molecule has 0 saturated heterocycles. The van der Waals surface area contributed by atoms with Gasteiger partial charge in [-0.25, -0.2) is 4.79 Å². The van der Waals surface area contributed by atoms with Crippen LogP contribution < -0.4 is 15.8 Å². The number of carbonyl (C=O) groups is 2. The lowest BCUT2D eigenvalue weighted by Crippen LogP contribution is -2.46. The molecule has 0 aliphatic heterocycles. The summed E-state index contributed by atoms with van der Waals surface area (Å²) < 4.78 is 9.74. The maximum atomic E-state index is 11.6. The molecule has 0 aromatic heterocycles. The number of amides is 1. The predicted octanol–water partition coefficient (Wildman–Crippen LogP) is 0.202. The first-order valence-electron chi connectivity index (χ1n) is 5.91. The summed E-state index contributed by atoms with van der Waals surface area (Å²) in [6.07, 6.45) is 0. The number of nitrogens with two attached hydrogens (primary N) is 1. The van der Waals surface area contributed by atoms with Crippen LogP contribution in [0.15, 0.2) is 24.3 Å². The summed E-state index contributed by atoms with van der Waals surface area (Å²) in [6.45, 7) is 2.11. The molecule has 1 amide bonds.